The zero-order valence-electron chi connectivity index (χ0n) is 16.1. The standard InChI is InChI=1S/C24H32N2/c1-25-16-18-26(19-17-25)23-12-14-24(15-13-23,22-10-6-3-7-11-22)20-21-8-4-2-5-9-21/h2-11,23H,12-20H2,1H3. The fourth-order valence-corrected chi connectivity index (χ4v) is 5.05. The second kappa shape index (κ2) is 7.94. The van der Waals surface area contributed by atoms with Crippen molar-refractivity contribution < 1.29 is 0 Å². The summed E-state index contributed by atoms with van der Waals surface area (Å²) >= 11 is 0. The van der Waals surface area contributed by atoms with Crippen LogP contribution in [0.5, 0.6) is 0 Å². The lowest BCUT2D eigenvalue weighted by atomic mass is 9.65. The second-order valence-electron chi connectivity index (χ2n) is 8.38. The zero-order chi connectivity index (χ0) is 17.8. The van der Waals surface area contributed by atoms with Crippen molar-refractivity contribution in [1.82, 2.24) is 9.80 Å². The Bertz CT molecular complexity index is 666. The van der Waals surface area contributed by atoms with Crippen molar-refractivity contribution in [2.24, 2.45) is 0 Å². The second-order valence-corrected chi connectivity index (χ2v) is 8.38. The van der Waals surface area contributed by atoms with Gasteiger partial charge in [-0.15, -0.1) is 0 Å². The topological polar surface area (TPSA) is 6.48 Å². The van der Waals surface area contributed by atoms with Crippen molar-refractivity contribution in [2.45, 2.75) is 43.6 Å². The molecule has 2 heteroatoms. The molecule has 0 aromatic heterocycles. The van der Waals surface area contributed by atoms with Gasteiger partial charge in [0.1, 0.15) is 0 Å². The lowest BCUT2D eigenvalue weighted by Gasteiger charge is -2.46. The molecule has 0 unspecified atom stereocenters. The van der Waals surface area contributed by atoms with E-state index in [1.54, 1.807) is 5.56 Å². The number of hydrogen-bond acceptors (Lipinski definition) is 2. The van der Waals surface area contributed by atoms with Gasteiger partial charge in [-0.3, -0.25) is 4.90 Å². The predicted molar refractivity (Wildman–Crippen MR) is 110 cm³/mol. The molecular formula is C24H32N2. The van der Waals surface area contributed by atoms with Crippen LogP contribution in [0, 0.1) is 0 Å². The summed E-state index contributed by atoms with van der Waals surface area (Å²) in [4.78, 5) is 5.22. The van der Waals surface area contributed by atoms with Crippen LogP contribution in [0.3, 0.4) is 0 Å². The van der Waals surface area contributed by atoms with Gasteiger partial charge in [-0.25, -0.2) is 0 Å². The van der Waals surface area contributed by atoms with Crippen molar-refractivity contribution in [3.8, 4) is 0 Å². The molecule has 1 aliphatic heterocycles. The zero-order valence-corrected chi connectivity index (χ0v) is 16.1. The van der Waals surface area contributed by atoms with E-state index in [2.05, 4.69) is 77.5 Å². The summed E-state index contributed by atoms with van der Waals surface area (Å²) in [5.41, 5.74) is 3.33. The Kier molecular flexibility index (Phi) is 5.42. The monoisotopic (exact) mass is 348 g/mol. The molecule has 0 atom stereocenters. The third kappa shape index (κ3) is 3.87. The molecule has 2 aromatic rings. The Morgan fingerprint density at radius 1 is 0.808 bits per heavy atom. The summed E-state index contributed by atoms with van der Waals surface area (Å²) in [6.45, 7) is 4.95. The van der Waals surface area contributed by atoms with Crippen LogP contribution in [0.1, 0.15) is 36.8 Å². The summed E-state index contributed by atoms with van der Waals surface area (Å²) in [5, 5.41) is 0. The molecule has 2 fully saturated rings. The molecule has 1 saturated heterocycles. The Hall–Kier alpha value is -1.64. The fourth-order valence-electron chi connectivity index (χ4n) is 5.05. The van der Waals surface area contributed by atoms with Crippen LogP contribution in [-0.2, 0) is 11.8 Å². The first-order chi connectivity index (χ1) is 12.8. The number of piperazine rings is 1. The Balaban J connectivity index is 1.51. The quantitative estimate of drug-likeness (QED) is 0.810. The summed E-state index contributed by atoms with van der Waals surface area (Å²) in [7, 11) is 2.25. The van der Waals surface area contributed by atoms with Crippen molar-refractivity contribution >= 4 is 0 Å². The van der Waals surface area contributed by atoms with Crippen LogP contribution in [0.4, 0.5) is 0 Å². The van der Waals surface area contributed by atoms with Crippen LogP contribution in [0.15, 0.2) is 60.7 Å². The lowest BCUT2D eigenvalue weighted by molar-refractivity contribution is 0.0744. The van der Waals surface area contributed by atoms with Gasteiger partial charge in [0.05, 0.1) is 0 Å². The van der Waals surface area contributed by atoms with Gasteiger partial charge in [0, 0.05) is 32.2 Å². The summed E-state index contributed by atoms with van der Waals surface area (Å²) < 4.78 is 0. The average molecular weight is 349 g/mol. The van der Waals surface area contributed by atoms with Gasteiger partial charge in [-0.05, 0) is 55.7 Å². The molecule has 1 heterocycles. The number of benzene rings is 2. The largest absolute Gasteiger partial charge is 0.304 e. The van der Waals surface area contributed by atoms with Gasteiger partial charge < -0.3 is 4.90 Å². The van der Waals surface area contributed by atoms with Crippen molar-refractivity contribution in [1.29, 1.82) is 0 Å². The van der Waals surface area contributed by atoms with Crippen LogP contribution in [-0.4, -0.2) is 49.1 Å². The van der Waals surface area contributed by atoms with E-state index in [1.807, 2.05) is 0 Å². The minimum Gasteiger partial charge on any atom is -0.304 e. The van der Waals surface area contributed by atoms with Gasteiger partial charge in [0.25, 0.3) is 0 Å². The number of nitrogens with zero attached hydrogens (tertiary/aromatic N) is 2. The third-order valence-electron chi connectivity index (χ3n) is 6.74. The Morgan fingerprint density at radius 3 is 2.00 bits per heavy atom. The van der Waals surface area contributed by atoms with Crippen LogP contribution < -0.4 is 0 Å². The summed E-state index contributed by atoms with van der Waals surface area (Å²) in [6, 6.07) is 23.2. The van der Waals surface area contributed by atoms with Crippen molar-refractivity contribution in [3.63, 3.8) is 0 Å². The molecule has 26 heavy (non-hydrogen) atoms. The number of rotatable bonds is 4. The molecule has 2 nitrogen and oxygen atoms in total. The Labute approximate surface area is 158 Å². The van der Waals surface area contributed by atoms with Gasteiger partial charge in [-0.2, -0.15) is 0 Å². The Morgan fingerprint density at radius 2 is 1.38 bits per heavy atom. The number of hydrogen-bond donors (Lipinski definition) is 0. The van der Waals surface area contributed by atoms with Gasteiger partial charge in [-0.1, -0.05) is 60.7 Å². The van der Waals surface area contributed by atoms with E-state index in [1.165, 1.54) is 63.8 Å². The van der Waals surface area contributed by atoms with E-state index in [4.69, 9.17) is 0 Å². The minimum atomic E-state index is 0.311. The van der Waals surface area contributed by atoms with Crippen LogP contribution in [0.2, 0.25) is 0 Å². The molecule has 0 spiro atoms. The first kappa shape index (κ1) is 17.8. The van der Waals surface area contributed by atoms with E-state index in [0.29, 0.717) is 5.41 Å². The maximum absolute atomic E-state index is 2.76. The molecule has 0 amide bonds. The molecule has 1 aliphatic carbocycles. The highest BCUT2D eigenvalue weighted by atomic mass is 15.3. The molecule has 4 rings (SSSR count). The molecule has 2 aromatic carbocycles. The van der Waals surface area contributed by atoms with Crippen LogP contribution in [0.25, 0.3) is 0 Å². The highest BCUT2D eigenvalue weighted by Crippen LogP contribution is 2.43. The van der Waals surface area contributed by atoms with E-state index in [0.717, 1.165) is 6.04 Å². The molecular weight excluding hydrogens is 316 g/mol. The van der Waals surface area contributed by atoms with Crippen molar-refractivity contribution in [2.75, 3.05) is 33.2 Å². The molecule has 0 N–H and O–H groups in total. The van der Waals surface area contributed by atoms with Crippen molar-refractivity contribution in [3.05, 3.63) is 71.8 Å². The lowest BCUT2D eigenvalue weighted by Crippen LogP contribution is -2.51. The smallest absolute Gasteiger partial charge is 0.0113 e. The molecule has 2 aliphatic rings. The first-order valence-corrected chi connectivity index (χ1v) is 10.3. The van der Waals surface area contributed by atoms with E-state index >= 15 is 0 Å². The fraction of sp³-hybridized carbons (Fsp3) is 0.500. The first-order valence-electron chi connectivity index (χ1n) is 10.3. The third-order valence-corrected chi connectivity index (χ3v) is 6.74. The van der Waals surface area contributed by atoms with E-state index in [9.17, 15) is 0 Å². The normalized spacial score (nSPS) is 28.1. The maximum atomic E-state index is 2.76. The van der Waals surface area contributed by atoms with Gasteiger partial charge in [0.15, 0.2) is 0 Å². The van der Waals surface area contributed by atoms with Crippen LogP contribution >= 0.6 is 0 Å². The summed E-state index contributed by atoms with van der Waals surface area (Å²) in [5.74, 6) is 0. The summed E-state index contributed by atoms with van der Waals surface area (Å²) in [6.07, 6.45) is 6.47. The predicted octanol–water partition coefficient (Wildman–Crippen LogP) is 4.36. The maximum Gasteiger partial charge on any atom is 0.0113 e. The van der Waals surface area contributed by atoms with E-state index in [-0.39, 0.29) is 0 Å². The SMILES string of the molecule is CN1CCN(C2CCC(Cc3ccccc3)(c3ccccc3)CC2)CC1. The molecule has 0 radical (unpaired) electrons. The molecule has 138 valence electrons. The molecule has 0 bridgehead atoms. The molecule has 1 saturated carbocycles. The minimum absolute atomic E-state index is 0.311. The van der Waals surface area contributed by atoms with Gasteiger partial charge in [0.2, 0.25) is 0 Å². The van der Waals surface area contributed by atoms with E-state index < -0.39 is 0 Å². The highest BCUT2D eigenvalue weighted by Gasteiger charge is 2.38. The van der Waals surface area contributed by atoms with Gasteiger partial charge >= 0.3 is 0 Å². The highest BCUT2D eigenvalue weighted by molar-refractivity contribution is 5.30. The number of likely N-dealkylation sites (N-methyl/N-ethyl adjacent to an activating group) is 1. The average Bonchev–Trinajstić information content (AvgIpc) is 2.71.